The lowest BCUT2D eigenvalue weighted by Gasteiger charge is -2.01. The third-order valence-electron chi connectivity index (χ3n) is 1.39. The van der Waals surface area contributed by atoms with Crippen LogP contribution in [0.2, 0.25) is 0 Å². The normalized spacial score (nSPS) is 9.64. The van der Waals surface area contributed by atoms with Crippen molar-refractivity contribution in [2.24, 2.45) is 5.73 Å². The molecule has 0 aliphatic rings. The van der Waals surface area contributed by atoms with Gasteiger partial charge in [-0.3, -0.25) is 0 Å². The van der Waals surface area contributed by atoms with Crippen molar-refractivity contribution in [3.05, 3.63) is 36.4 Å². The van der Waals surface area contributed by atoms with E-state index in [1.165, 1.54) is 6.20 Å². The Kier molecular flexibility index (Phi) is 2.33. The van der Waals surface area contributed by atoms with Crippen molar-refractivity contribution in [3.63, 3.8) is 0 Å². The van der Waals surface area contributed by atoms with E-state index in [1.807, 2.05) is 0 Å². The van der Waals surface area contributed by atoms with E-state index < -0.39 is 5.95 Å². The first-order chi connectivity index (χ1) is 5.25. The Morgan fingerprint density at radius 1 is 1.73 bits per heavy atom. The van der Waals surface area contributed by atoms with Crippen LogP contribution in [0.3, 0.4) is 0 Å². The molecule has 2 nitrogen and oxygen atoms in total. The third-order valence-corrected chi connectivity index (χ3v) is 1.39. The second-order valence-electron chi connectivity index (χ2n) is 2.15. The molecule has 1 aromatic rings. The van der Waals surface area contributed by atoms with E-state index in [-0.39, 0.29) is 6.54 Å². The highest BCUT2D eigenvalue weighted by atomic mass is 19.1. The number of rotatable bonds is 2. The standard InChI is InChI=1S/C8H9FN2/c1-6(5-10)7-3-2-4-11-8(7)9/h2-4H,1,5,10H2. The fraction of sp³-hybridized carbons (Fsp3) is 0.125. The van der Waals surface area contributed by atoms with E-state index in [9.17, 15) is 4.39 Å². The van der Waals surface area contributed by atoms with Gasteiger partial charge in [0.25, 0.3) is 0 Å². The van der Waals surface area contributed by atoms with Gasteiger partial charge in [-0.15, -0.1) is 0 Å². The lowest BCUT2D eigenvalue weighted by atomic mass is 10.1. The van der Waals surface area contributed by atoms with E-state index in [1.54, 1.807) is 12.1 Å². The molecule has 11 heavy (non-hydrogen) atoms. The molecule has 0 aromatic carbocycles. The predicted octanol–water partition coefficient (Wildman–Crippen LogP) is 1.19. The largest absolute Gasteiger partial charge is 0.326 e. The molecule has 0 atom stereocenters. The molecule has 58 valence electrons. The Morgan fingerprint density at radius 3 is 3.00 bits per heavy atom. The number of nitrogens with two attached hydrogens (primary N) is 1. The summed E-state index contributed by atoms with van der Waals surface area (Å²) in [6.45, 7) is 3.85. The molecule has 0 radical (unpaired) electrons. The van der Waals surface area contributed by atoms with Gasteiger partial charge in [0.2, 0.25) is 5.95 Å². The van der Waals surface area contributed by atoms with Crippen molar-refractivity contribution in [2.45, 2.75) is 0 Å². The lowest BCUT2D eigenvalue weighted by Crippen LogP contribution is -2.03. The van der Waals surface area contributed by atoms with Crippen LogP contribution in [0.15, 0.2) is 24.9 Å². The van der Waals surface area contributed by atoms with Crippen LogP contribution in [0.25, 0.3) is 5.57 Å². The Bertz CT molecular complexity index is 271. The summed E-state index contributed by atoms with van der Waals surface area (Å²) in [5.74, 6) is -0.511. The highest BCUT2D eigenvalue weighted by Gasteiger charge is 2.03. The Labute approximate surface area is 64.6 Å². The van der Waals surface area contributed by atoms with E-state index in [4.69, 9.17) is 5.73 Å². The van der Waals surface area contributed by atoms with Crippen LogP contribution in [-0.2, 0) is 0 Å². The fourth-order valence-corrected chi connectivity index (χ4v) is 0.760. The van der Waals surface area contributed by atoms with Crippen LogP contribution in [0.4, 0.5) is 4.39 Å². The van der Waals surface area contributed by atoms with Gasteiger partial charge in [0.05, 0.1) is 0 Å². The first kappa shape index (κ1) is 7.88. The van der Waals surface area contributed by atoms with E-state index >= 15 is 0 Å². The topological polar surface area (TPSA) is 38.9 Å². The van der Waals surface area contributed by atoms with Crippen molar-refractivity contribution >= 4 is 5.57 Å². The SMILES string of the molecule is C=C(CN)c1cccnc1F. The number of hydrogen-bond donors (Lipinski definition) is 1. The summed E-state index contributed by atoms with van der Waals surface area (Å²) in [6, 6.07) is 3.26. The summed E-state index contributed by atoms with van der Waals surface area (Å²) in [4.78, 5) is 3.47. The van der Waals surface area contributed by atoms with Crippen molar-refractivity contribution in [2.75, 3.05) is 6.54 Å². The average Bonchev–Trinajstić information content (AvgIpc) is 2.04. The van der Waals surface area contributed by atoms with Gasteiger partial charge in [-0.05, 0) is 17.7 Å². The summed E-state index contributed by atoms with van der Waals surface area (Å²) in [5.41, 5.74) is 6.24. The fourth-order valence-electron chi connectivity index (χ4n) is 0.760. The van der Waals surface area contributed by atoms with Gasteiger partial charge in [0.15, 0.2) is 0 Å². The van der Waals surface area contributed by atoms with Crippen LogP contribution in [0.5, 0.6) is 0 Å². The maximum absolute atomic E-state index is 12.8. The molecule has 3 heteroatoms. The van der Waals surface area contributed by atoms with Crippen LogP contribution in [0, 0.1) is 5.95 Å². The minimum absolute atomic E-state index is 0.253. The number of aromatic nitrogens is 1. The van der Waals surface area contributed by atoms with Crippen molar-refractivity contribution < 1.29 is 4.39 Å². The lowest BCUT2D eigenvalue weighted by molar-refractivity contribution is 0.579. The molecule has 0 fully saturated rings. The highest BCUT2D eigenvalue weighted by Crippen LogP contribution is 2.11. The monoisotopic (exact) mass is 152 g/mol. The summed E-state index contributed by atoms with van der Waals surface area (Å²) in [6.07, 6.45) is 1.39. The maximum atomic E-state index is 12.8. The summed E-state index contributed by atoms with van der Waals surface area (Å²) in [7, 11) is 0. The molecule has 0 spiro atoms. The van der Waals surface area contributed by atoms with E-state index in [0.717, 1.165) is 0 Å². The van der Waals surface area contributed by atoms with Gasteiger partial charge in [0.1, 0.15) is 0 Å². The first-order valence-corrected chi connectivity index (χ1v) is 3.24. The molecule has 0 saturated heterocycles. The first-order valence-electron chi connectivity index (χ1n) is 3.24. The van der Waals surface area contributed by atoms with Crippen molar-refractivity contribution in [1.29, 1.82) is 0 Å². The molecule has 2 N–H and O–H groups in total. The molecule has 0 saturated carbocycles. The molecular formula is C8H9FN2. The minimum Gasteiger partial charge on any atom is -0.326 e. The Hall–Kier alpha value is -1.22. The zero-order valence-corrected chi connectivity index (χ0v) is 6.05. The van der Waals surface area contributed by atoms with Gasteiger partial charge >= 0.3 is 0 Å². The number of pyridine rings is 1. The molecule has 1 aromatic heterocycles. The van der Waals surface area contributed by atoms with Crippen molar-refractivity contribution in [3.8, 4) is 0 Å². The number of hydrogen-bond acceptors (Lipinski definition) is 2. The van der Waals surface area contributed by atoms with Crippen LogP contribution >= 0.6 is 0 Å². The quantitative estimate of drug-likeness (QED) is 0.646. The zero-order chi connectivity index (χ0) is 8.27. The number of nitrogens with zero attached hydrogens (tertiary/aromatic N) is 1. The maximum Gasteiger partial charge on any atom is 0.220 e. The van der Waals surface area contributed by atoms with Gasteiger partial charge in [-0.1, -0.05) is 6.58 Å². The van der Waals surface area contributed by atoms with E-state index in [2.05, 4.69) is 11.6 Å². The van der Waals surface area contributed by atoms with Crippen LogP contribution in [0.1, 0.15) is 5.56 Å². The van der Waals surface area contributed by atoms with Gasteiger partial charge in [-0.2, -0.15) is 4.39 Å². The third kappa shape index (κ3) is 1.62. The van der Waals surface area contributed by atoms with E-state index in [0.29, 0.717) is 11.1 Å². The number of halogens is 1. The predicted molar refractivity (Wildman–Crippen MR) is 42.3 cm³/mol. The molecule has 1 rings (SSSR count). The Balaban J connectivity index is 3.03. The molecule has 0 amide bonds. The van der Waals surface area contributed by atoms with Gasteiger partial charge in [-0.25, -0.2) is 4.98 Å². The minimum atomic E-state index is -0.511. The smallest absolute Gasteiger partial charge is 0.220 e. The molecule has 0 bridgehead atoms. The van der Waals surface area contributed by atoms with Crippen LogP contribution in [-0.4, -0.2) is 11.5 Å². The molecular weight excluding hydrogens is 143 g/mol. The van der Waals surface area contributed by atoms with Crippen LogP contribution < -0.4 is 5.73 Å². The Morgan fingerprint density at radius 2 is 2.45 bits per heavy atom. The molecule has 0 unspecified atom stereocenters. The molecule has 0 aliphatic heterocycles. The second-order valence-corrected chi connectivity index (χ2v) is 2.15. The summed E-state index contributed by atoms with van der Waals surface area (Å²) >= 11 is 0. The summed E-state index contributed by atoms with van der Waals surface area (Å²) < 4.78 is 12.8. The van der Waals surface area contributed by atoms with Crippen molar-refractivity contribution in [1.82, 2.24) is 4.98 Å². The van der Waals surface area contributed by atoms with Gasteiger partial charge < -0.3 is 5.73 Å². The molecule has 0 aliphatic carbocycles. The zero-order valence-electron chi connectivity index (χ0n) is 6.05. The average molecular weight is 152 g/mol. The second kappa shape index (κ2) is 3.25. The highest BCUT2D eigenvalue weighted by molar-refractivity contribution is 5.63. The molecule has 1 heterocycles. The van der Waals surface area contributed by atoms with Gasteiger partial charge in [0, 0.05) is 18.3 Å². The summed E-state index contributed by atoms with van der Waals surface area (Å²) in [5, 5.41) is 0.